The highest BCUT2D eigenvalue weighted by Gasteiger charge is 2.18. The van der Waals surface area contributed by atoms with Crippen molar-refractivity contribution in [2.24, 2.45) is 5.73 Å². The molecule has 0 radical (unpaired) electrons. The first kappa shape index (κ1) is 16.9. The van der Waals surface area contributed by atoms with E-state index in [9.17, 15) is 0 Å². The normalized spacial score (nSPS) is 11.7. The molecule has 0 saturated heterocycles. The largest absolute Gasteiger partial charge is 0.484 e. The highest BCUT2D eigenvalue weighted by Crippen LogP contribution is 2.35. The Morgan fingerprint density at radius 3 is 2.33 bits per heavy atom. The first-order valence-corrected chi connectivity index (χ1v) is 9.03. The number of hydrogen-bond donors (Lipinski definition) is 1. The zero-order valence-corrected chi connectivity index (χ0v) is 16.2. The van der Waals surface area contributed by atoms with Gasteiger partial charge in [0, 0.05) is 17.3 Å². The van der Waals surface area contributed by atoms with Gasteiger partial charge in [-0.05, 0) is 49.6 Å². The van der Waals surface area contributed by atoms with E-state index in [-0.39, 0.29) is 5.41 Å². The molecule has 1 aromatic heterocycles. The van der Waals surface area contributed by atoms with Gasteiger partial charge in [-0.1, -0.05) is 20.8 Å². The van der Waals surface area contributed by atoms with Crippen LogP contribution in [-0.2, 0) is 18.6 Å². The SMILES string of the molecule is CC(C)(C)c1csc(COc2c(Br)cc(CN)cc2Br)n1. The van der Waals surface area contributed by atoms with Gasteiger partial charge in [-0.15, -0.1) is 11.3 Å². The van der Waals surface area contributed by atoms with E-state index in [1.165, 1.54) is 0 Å². The third-order valence-electron chi connectivity index (χ3n) is 2.95. The number of rotatable bonds is 4. The molecule has 0 aliphatic heterocycles. The maximum atomic E-state index is 5.89. The molecule has 3 nitrogen and oxygen atoms in total. The Morgan fingerprint density at radius 1 is 1.24 bits per heavy atom. The molecule has 0 fully saturated rings. The number of nitrogens with zero attached hydrogens (tertiary/aromatic N) is 1. The van der Waals surface area contributed by atoms with Crippen LogP contribution in [0.3, 0.4) is 0 Å². The van der Waals surface area contributed by atoms with E-state index in [0.29, 0.717) is 13.2 Å². The lowest BCUT2D eigenvalue weighted by molar-refractivity contribution is 0.301. The van der Waals surface area contributed by atoms with Crippen molar-refractivity contribution in [2.45, 2.75) is 39.3 Å². The zero-order valence-electron chi connectivity index (χ0n) is 12.2. The molecule has 0 bridgehead atoms. The van der Waals surface area contributed by atoms with Crippen LogP contribution in [0.5, 0.6) is 5.75 Å². The van der Waals surface area contributed by atoms with Gasteiger partial charge in [0.25, 0.3) is 0 Å². The van der Waals surface area contributed by atoms with Crippen LogP contribution in [0.25, 0.3) is 0 Å². The summed E-state index contributed by atoms with van der Waals surface area (Å²) in [6.45, 7) is 7.43. The number of hydrogen-bond acceptors (Lipinski definition) is 4. The lowest BCUT2D eigenvalue weighted by Crippen LogP contribution is -2.11. The summed E-state index contributed by atoms with van der Waals surface area (Å²) in [4.78, 5) is 4.63. The second-order valence-electron chi connectivity index (χ2n) is 5.76. The molecule has 0 aliphatic rings. The Kier molecular flexibility index (Phi) is 5.46. The Bertz CT molecular complexity index is 612. The highest BCUT2D eigenvalue weighted by molar-refractivity contribution is 9.11. The number of benzene rings is 1. The predicted molar refractivity (Wildman–Crippen MR) is 94.9 cm³/mol. The van der Waals surface area contributed by atoms with Crippen LogP contribution in [-0.4, -0.2) is 4.98 Å². The predicted octanol–water partition coefficient (Wildman–Crippen LogP) is 5.00. The molecular formula is C15H18Br2N2OS. The van der Waals surface area contributed by atoms with Gasteiger partial charge in [0.2, 0.25) is 0 Å². The number of halogens is 2. The van der Waals surface area contributed by atoms with E-state index in [0.717, 1.165) is 31.0 Å². The van der Waals surface area contributed by atoms with Crippen molar-refractivity contribution in [3.05, 3.63) is 42.7 Å². The molecule has 0 aliphatic carbocycles. The average molecular weight is 434 g/mol. The van der Waals surface area contributed by atoms with E-state index < -0.39 is 0 Å². The molecule has 2 rings (SSSR count). The van der Waals surface area contributed by atoms with Crippen molar-refractivity contribution >= 4 is 43.2 Å². The molecule has 0 unspecified atom stereocenters. The third kappa shape index (κ3) is 4.28. The molecule has 114 valence electrons. The minimum Gasteiger partial charge on any atom is -0.484 e. The van der Waals surface area contributed by atoms with Gasteiger partial charge in [-0.25, -0.2) is 4.98 Å². The van der Waals surface area contributed by atoms with Crippen molar-refractivity contribution in [1.29, 1.82) is 0 Å². The lowest BCUT2D eigenvalue weighted by atomic mass is 9.93. The lowest BCUT2D eigenvalue weighted by Gasteiger charge is -2.14. The van der Waals surface area contributed by atoms with Crippen LogP contribution >= 0.6 is 43.2 Å². The van der Waals surface area contributed by atoms with Gasteiger partial charge in [0.05, 0.1) is 14.6 Å². The Hall–Kier alpha value is -0.430. The fourth-order valence-corrected chi connectivity index (χ4v) is 4.17. The second-order valence-corrected chi connectivity index (χ2v) is 8.41. The summed E-state index contributed by atoms with van der Waals surface area (Å²) in [5.41, 5.74) is 7.87. The van der Waals surface area contributed by atoms with Crippen molar-refractivity contribution in [3.63, 3.8) is 0 Å². The maximum absolute atomic E-state index is 5.89. The smallest absolute Gasteiger partial charge is 0.148 e. The van der Waals surface area contributed by atoms with Crippen molar-refractivity contribution < 1.29 is 4.74 Å². The number of ether oxygens (including phenoxy) is 1. The Morgan fingerprint density at radius 2 is 1.86 bits per heavy atom. The standard InChI is InChI=1S/C15H18Br2N2OS/c1-15(2,3)12-8-21-13(19-12)7-20-14-10(16)4-9(6-18)5-11(14)17/h4-5,8H,6-7,18H2,1-3H3. The van der Waals surface area contributed by atoms with Crippen LogP contribution in [0.15, 0.2) is 26.5 Å². The van der Waals surface area contributed by atoms with Crippen LogP contribution < -0.4 is 10.5 Å². The molecule has 1 aromatic carbocycles. The van der Waals surface area contributed by atoms with Crippen LogP contribution in [0.4, 0.5) is 0 Å². The molecule has 0 saturated carbocycles. The summed E-state index contributed by atoms with van der Waals surface area (Å²) in [6.07, 6.45) is 0. The third-order valence-corrected chi connectivity index (χ3v) is 4.95. The molecule has 2 N–H and O–H groups in total. The van der Waals surface area contributed by atoms with E-state index >= 15 is 0 Å². The van der Waals surface area contributed by atoms with Crippen molar-refractivity contribution in [2.75, 3.05) is 0 Å². The number of thiazole rings is 1. The van der Waals surface area contributed by atoms with E-state index in [4.69, 9.17) is 10.5 Å². The maximum Gasteiger partial charge on any atom is 0.148 e. The highest BCUT2D eigenvalue weighted by atomic mass is 79.9. The summed E-state index contributed by atoms with van der Waals surface area (Å²) in [7, 11) is 0. The van der Waals surface area contributed by atoms with E-state index in [1.54, 1.807) is 11.3 Å². The minimum absolute atomic E-state index is 0.0681. The fraction of sp³-hybridized carbons (Fsp3) is 0.400. The van der Waals surface area contributed by atoms with Gasteiger partial charge in [0.1, 0.15) is 17.4 Å². The molecule has 21 heavy (non-hydrogen) atoms. The average Bonchev–Trinajstić information content (AvgIpc) is 2.86. The summed E-state index contributed by atoms with van der Waals surface area (Å²) in [5.74, 6) is 0.778. The second kappa shape index (κ2) is 6.77. The first-order valence-electron chi connectivity index (χ1n) is 6.57. The summed E-state index contributed by atoms with van der Waals surface area (Å²) < 4.78 is 7.68. The number of aromatic nitrogens is 1. The van der Waals surface area contributed by atoms with Crippen LogP contribution in [0, 0.1) is 0 Å². The van der Waals surface area contributed by atoms with Gasteiger partial charge >= 0.3 is 0 Å². The Balaban J connectivity index is 2.12. The molecule has 6 heteroatoms. The molecule has 1 heterocycles. The fourth-order valence-electron chi connectivity index (χ4n) is 1.72. The summed E-state index contributed by atoms with van der Waals surface area (Å²) in [5, 5.41) is 3.07. The van der Waals surface area contributed by atoms with Gasteiger partial charge < -0.3 is 10.5 Å². The molecule has 0 amide bonds. The molecule has 0 spiro atoms. The topological polar surface area (TPSA) is 48.1 Å². The van der Waals surface area contributed by atoms with Crippen molar-refractivity contribution in [3.8, 4) is 5.75 Å². The van der Waals surface area contributed by atoms with E-state index in [2.05, 4.69) is 63.0 Å². The van der Waals surface area contributed by atoms with Crippen LogP contribution in [0.2, 0.25) is 0 Å². The quantitative estimate of drug-likeness (QED) is 0.737. The minimum atomic E-state index is 0.0681. The summed E-state index contributed by atoms with van der Waals surface area (Å²) in [6, 6.07) is 3.95. The van der Waals surface area contributed by atoms with Gasteiger partial charge in [-0.3, -0.25) is 0 Å². The number of nitrogens with two attached hydrogens (primary N) is 1. The van der Waals surface area contributed by atoms with Crippen LogP contribution in [0.1, 0.15) is 37.0 Å². The monoisotopic (exact) mass is 432 g/mol. The zero-order chi connectivity index (χ0) is 15.6. The molecule has 0 atom stereocenters. The summed E-state index contributed by atoms with van der Waals surface area (Å²) >= 11 is 8.67. The van der Waals surface area contributed by atoms with Gasteiger partial charge in [0.15, 0.2) is 0 Å². The molecular weight excluding hydrogens is 416 g/mol. The first-order chi connectivity index (χ1) is 9.81. The van der Waals surface area contributed by atoms with Gasteiger partial charge in [-0.2, -0.15) is 0 Å². The molecule has 2 aromatic rings. The Labute approximate surface area is 146 Å². The van der Waals surface area contributed by atoms with E-state index in [1.807, 2.05) is 12.1 Å². The van der Waals surface area contributed by atoms with Crippen molar-refractivity contribution in [1.82, 2.24) is 4.98 Å².